The van der Waals surface area contributed by atoms with E-state index in [1.165, 1.54) is 6.07 Å². The summed E-state index contributed by atoms with van der Waals surface area (Å²) < 4.78 is 33.4. The minimum atomic E-state index is -3.05. The van der Waals surface area contributed by atoms with Crippen LogP contribution in [-0.4, -0.2) is 24.3 Å². The molecule has 96 valence electrons. The lowest BCUT2D eigenvalue weighted by atomic mass is 10.2. The maximum absolute atomic E-state index is 12.0. The normalized spacial score (nSPS) is 10.9. The summed E-state index contributed by atoms with van der Waals surface area (Å²) in [6, 6.07) is 1.17. The molecule has 0 saturated heterocycles. The molecule has 7 heteroatoms. The van der Waals surface area contributed by atoms with Crippen LogP contribution in [0.1, 0.15) is 23.5 Å². The Labute approximate surface area is 101 Å². The van der Waals surface area contributed by atoms with E-state index in [2.05, 4.69) is 4.74 Å². The molecule has 4 nitrogen and oxygen atoms in total. The predicted molar refractivity (Wildman–Crippen MR) is 58.2 cm³/mol. The SMILES string of the molecule is CC(C)COc1cc(OC(F)F)c(C(=O)O)s1. The molecule has 0 fully saturated rings. The molecule has 0 saturated carbocycles. The third kappa shape index (κ3) is 4.18. The highest BCUT2D eigenvalue weighted by atomic mass is 32.1. The molecule has 0 amide bonds. The molecule has 17 heavy (non-hydrogen) atoms. The van der Waals surface area contributed by atoms with Gasteiger partial charge >= 0.3 is 12.6 Å². The van der Waals surface area contributed by atoms with Gasteiger partial charge in [-0.05, 0) is 5.92 Å². The molecular weight excluding hydrogens is 254 g/mol. The quantitative estimate of drug-likeness (QED) is 0.859. The first-order valence-corrected chi connectivity index (χ1v) is 5.66. The van der Waals surface area contributed by atoms with Gasteiger partial charge in [-0.15, -0.1) is 0 Å². The number of carboxylic acids is 1. The summed E-state index contributed by atoms with van der Waals surface area (Å²) in [5, 5.41) is 9.06. The van der Waals surface area contributed by atoms with Crippen LogP contribution in [0.2, 0.25) is 0 Å². The van der Waals surface area contributed by atoms with Crippen molar-refractivity contribution in [2.75, 3.05) is 6.61 Å². The number of ether oxygens (including phenoxy) is 2. The van der Waals surface area contributed by atoms with E-state index in [9.17, 15) is 13.6 Å². The van der Waals surface area contributed by atoms with Gasteiger partial charge in [-0.25, -0.2) is 4.79 Å². The molecule has 0 aliphatic carbocycles. The van der Waals surface area contributed by atoms with Crippen LogP contribution in [0.5, 0.6) is 10.8 Å². The Morgan fingerprint density at radius 1 is 1.53 bits per heavy atom. The summed E-state index contributed by atoms with van der Waals surface area (Å²) in [5.41, 5.74) is 0. The molecule has 0 aliphatic heterocycles. The zero-order valence-electron chi connectivity index (χ0n) is 9.28. The van der Waals surface area contributed by atoms with Gasteiger partial charge in [-0.1, -0.05) is 25.2 Å². The summed E-state index contributed by atoms with van der Waals surface area (Å²) in [6.07, 6.45) is 0. The zero-order valence-corrected chi connectivity index (χ0v) is 10.1. The molecule has 0 unspecified atom stereocenters. The monoisotopic (exact) mass is 266 g/mol. The summed E-state index contributed by atoms with van der Waals surface area (Å²) >= 11 is 0.771. The Morgan fingerprint density at radius 3 is 2.65 bits per heavy atom. The summed E-state index contributed by atoms with van der Waals surface area (Å²) in [4.78, 5) is 10.5. The molecule has 1 rings (SSSR count). The van der Waals surface area contributed by atoms with Gasteiger partial charge in [0.1, 0.15) is 0 Å². The van der Waals surface area contributed by atoms with Crippen LogP contribution in [0.3, 0.4) is 0 Å². The van der Waals surface area contributed by atoms with E-state index >= 15 is 0 Å². The van der Waals surface area contributed by atoms with E-state index in [1.807, 2.05) is 13.8 Å². The van der Waals surface area contributed by atoms with Crippen molar-refractivity contribution >= 4 is 17.3 Å². The number of alkyl halides is 2. The molecule has 0 bridgehead atoms. The van der Waals surface area contributed by atoms with Crippen LogP contribution in [0, 0.1) is 5.92 Å². The summed E-state index contributed by atoms with van der Waals surface area (Å²) in [5.74, 6) is -1.42. The van der Waals surface area contributed by atoms with Crippen molar-refractivity contribution in [3.8, 4) is 10.8 Å². The summed E-state index contributed by atoms with van der Waals surface area (Å²) in [6.45, 7) is 1.17. The maximum Gasteiger partial charge on any atom is 0.387 e. The van der Waals surface area contributed by atoms with Gasteiger partial charge in [0.05, 0.1) is 6.61 Å². The topological polar surface area (TPSA) is 55.8 Å². The Morgan fingerprint density at radius 2 is 2.18 bits per heavy atom. The van der Waals surface area contributed by atoms with Crippen molar-refractivity contribution in [1.82, 2.24) is 0 Å². The molecule has 0 aromatic carbocycles. The molecule has 0 radical (unpaired) electrons. The number of thiophene rings is 1. The minimum Gasteiger partial charge on any atom is -0.484 e. The van der Waals surface area contributed by atoms with Crippen molar-refractivity contribution < 1.29 is 28.2 Å². The molecule has 1 N–H and O–H groups in total. The van der Waals surface area contributed by atoms with E-state index in [4.69, 9.17) is 9.84 Å². The lowest BCUT2D eigenvalue weighted by Gasteiger charge is -2.04. The molecule has 0 atom stereocenters. The molecule has 0 spiro atoms. The van der Waals surface area contributed by atoms with Crippen LogP contribution in [0.25, 0.3) is 0 Å². The third-order valence-electron chi connectivity index (χ3n) is 1.64. The van der Waals surface area contributed by atoms with Gasteiger partial charge < -0.3 is 14.6 Å². The summed E-state index contributed by atoms with van der Waals surface area (Å²) in [7, 11) is 0. The smallest absolute Gasteiger partial charge is 0.387 e. The molecule has 1 aromatic rings. The van der Waals surface area contributed by atoms with Crippen molar-refractivity contribution in [2.45, 2.75) is 20.5 Å². The number of carbonyl (C=O) groups is 1. The molecular formula is C10H12F2O4S. The number of halogens is 2. The second kappa shape index (κ2) is 5.81. The van der Waals surface area contributed by atoms with Crippen LogP contribution >= 0.6 is 11.3 Å². The first kappa shape index (κ1) is 13.7. The fraction of sp³-hybridized carbons (Fsp3) is 0.500. The predicted octanol–water partition coefficient (Wildman–Crippen LogP) is 3.08. The van der Waals surface area contributed by atoms with Crippen molar-refractivity contribution in [2.24, 2.45) is 5.92 Å². The molecule has 1 aromatic heterocycles. The van der Waals surface area contributed by atoms with Crippen LogP contribution in [0.4, 0.5) is 8.78 Å². The molecule has 0 aliphatic rings. The van der Waals surface area contributed by atoms with E-state index in [1.54, 1.807) is 0 Å². The first-order valence-electron chi connectivity index (χ1n) is 4.85. The number of hydrogen-bond donors (Lipinski definition) is 1. The van der Waals surface area contributed by atoms with E-state index in [0.29, 0.717) is 6.61 Å². The van der Waals surface area contributed by atoms with Gasteiger partial charge in [-0.3, -0.25) is 0 Å². The van der Waals surface area contributed by atoms with Crippen molar-refractivity contribution in [3.05, 3.63) is 10.9 Å². The highest BCUT2D eigenvalue weighted by Gasteiger charge is 2.20. The Bertz CT molecular complexity index is 390. The largest absolute Gasteiger partial charge is 0.484 e. The molecule has 1 heterocycles. The fourth-order valence-electron chi connectivity index (χ4n) is 1.01. The van der Waals surface area contributed by atoms with Gasteiger partial charge in [0.25, 0.3) is 0 Å². The third-order valence-corrected chi connectivity index (χ3v) is 2.66. The average Bonchev–Trinajstić information content (AvgIpc) is 2.57. The van der Waals surface area contributed by atoms with Gasteiger partial charge in [0, 0.05) is 6.07 Å². The average molecular weight is 266 g/mol. The van der Waals surface area contributed by atoms with Gasteiger partial charge in [0.2, 0.25) is 0 Å². The number of aromatic carboxylic acids is 1. The Balaban J connectivity index is 2.84. The lowest BCUT2D eigenvalue weighted by Crippen LogP contribution is -2.05. The second-order valence-corrected chi connectivity index (χ2v) is 4.66. The van der Waals surface area contributed by atoms with Gasteiger partial charge in [-0.2, -0.15) is 8.78 Å². The number of hydrogen-bond acceptors (Lipinski definition) is 4. The van der Waals surface area contributed by atoms with Crippen LogP contribution in [-0.2, 0) is 0 Å². The van der Waals surface area contributed by atoms with Gasteiger partial charge in [0.15, 0.2) is 15.7 Å². The fourth-order valence-corrected chi connectivity index (χ4v) is 1.79. The second-order valence-electron chi connectivity index (χ2n) is 3.65. The van der Waals surface area contributed by atoms with E-state index in [0.717, 1.165) is 11.3 Å². The van der Waals surface area contributed by atoms with E-state index < -0.39 is 12.6 Å². The zero-order chi connectivity index (χ0) is 13.0. The first-order chi connectivity index (χ1) is 7.90. The minimum absolute atomic E-state index is 0.254. The Hall–Kier alpha value is -1.37. The number of carboxylic acid groups (broad SMARTS) is 1. The van der Waals surface area contributed by atoms with Crippen molar-refractivity contribution in [1.29, 1.82) is 0 Å². The van der Waals surface area contributed by atoms with E-state index in [-0.39, 0.29) is 21.6 Å². The van der Waals surface area contributed by atoms with Crippen LogP contribution in [0.15, 0.2) is 6.07 Å². The van der Waals surface area contributed by atoms with Crippen molar-refractivity contribution in [3.63, 3.8) is 0 Å². The highest BCUT2D eigenvalue weighted by Crippen LogP contribution is 2.36. The van der Waals surface area contributed by atoms with Crippen LogP contribution < -0.4 is 9.47 Å². The lowest BCUT2D eigenvalue weighted by molar-refractivity contribution is -0.0500. The standard InChI is InChI=1S/C10H12F2O4S/c1-5(2)4-15-7-3-6(16-10(11)12)8(17-7)9(13)14/h3,5,10H,4H2,1-2H3,(H,13,14). The number of rotatable bonds is 6. The highest BCUT2D eigenvalue weighted by molar-refractivity contribution is 7.16. The Kier molecular flexibility index (Phi) is 4.68. The maximum atomic E-state index is 12.0.